The van der Waals surface area contributed by atoms with Gasteiger partial charge < -0.3 is 0 Å². The van der Waals surface area contributed by atoms with Crippen molar-refractivity contribution in [2.24, 2.45) is 0 Å². The molecule has 0 N–H and O–H groups in total. The topological polar surface area (TPSA) is 64.5 Å². The molecular formula is C31H49N5. The molecular weight excluding hydrogens is 442 g/mol. The molecule has 0 saturated carbocycles. The lowest BCUT2D eigenvalue weighted by Gasteiger charge is -2.08. The summed E-state index contributed by atoms with van der Waals surface area (Å²) in [6, 6.07) is 10.6. The van der Waals surface area contributed by atoms with E-state index in [9.17, 15) is 0 Å². The lowest BCUT2D eigenvalue weighted by Crippen LogP contribution is -2.04. The fraction of sp³-hybridized carbons (Fsp3) is 0.581. The maximum absolute atomic E-state index is 4.57. The van der Waals surface area contributed by atoms with Gasteiger partial charge in [-0.05, 0) is 53.5 Å². The fourth-order valence-electron chi connectivity index (χ4n) is 3.13. The number of hydrogen-bond donors (Lipinski definition) is 0. The van der Waals surface area contributed by atoms with Gasteiger partial charge in [0, 0.05) is 35.1 Å². The Morgan fingerprint density at radius 3 is 1.33 bits per heavy atom. The quantitative estimate of drug-likeness (QED) is 0.345. The van der Waals surface area contributed by atoms with Gasteiger partial charge in [0.15, 0.2) is 0 Å². The maximum atomic E-state index is 4.57. The second-order valence-electron chi connectivity index (χ2n) is 11.1. The van der Waals surface area contributed by atoms with Crippen LogP contribution in [0, 0.1) is 0 Å². The highest BCUT2D eigenvalue weighted by molar-refractivity contribution is 5.21. The van der Waals surface area contributed by atoms with Crippen LogP contribution in [0.25, 0.3) is 0 Å². The Balaban J connectivity index is 0.000000270. The lowest BCUT2D eigenvalue weighted by atomic mass is 10.0. The molecule has 5 nitrogen and oxygen atoms in total. The van der Waals surface area contributed by atoms with Gasteiger partial charge in [-0.2, -0.15) is 0 Å². The molecule has 0 radical (unpaired) electrons. The van der Waals surface area contributed by atoms with E-state index in [0.29, 0.717) is 35.5 Å². The summed E-state index contributed by atoms with van der Waals surface area (Å²) in [5, 5.41) is 0. The van der Waals surface area contributed by atoms with Crippen molar-refractivity contribution in [1.29, 1.82) is 0 Å². The zero-order chi connectivity index (χ0) is 27.4. The molecule has 3 heterocycles. The van der Waals surface area contributed by atoms with E-state index >= 15 is 0 Å². The maximum Gasteiger partial charge on any atom is 0.134 e. The van der Waals surface area contributed by atoms with Crippen LogP contribution in [0.4, 0.5) is 0 Å². The Labute approximate surface area is 220 Å². The smallest absolute Gasteiger partial charge is 0.134 e. The van der Waals surface area contributed by atoms with Gasteiger partial charge >= 0.3 is 0 Å². The summed E-state index contributed by atoms with van der Waals surface area (Å²) in [5.74, 6) is 4.72. The van der Waals surface area contributed by atoms with Crippen LogP contribution < -0.4 is 0 Å². The summed E-state index contributed by atoms with van der Waals surface area (Å²) in [6.07, 6.45) is 3.50. The highest BCUT2D eigenvalue weighted by Gasteiger charge is 2.07. The first-order valence-electron chi connectivity index (χ1n) is 13.4. The summed E-state index contributed by atoms with van der Waals surface area (Å²) in [5.41, 5.74) is 4.97. The van der Waals surface area contributed by atoms with Gasteiger partial charge in [0.05, 0.1) is 0 Å². The molecule has 3 rings (SSSR count). The third kappa shape index (κ3) is 10.9. The molecule has 0 spiro atoms. The van der Waals surface area contributed by atoms with E-state index in [1.54, 1.807) is 6.33 Å². The molecule has 0 unspecified atom stereocenters. The molecule has 198 valence electrons. The van der Waals surface area contributed by atoms with Gasteiger partial charge in [-0.1, -0.05) is 89.2 Å². The van der Waals surface area contributed by atoms with Crippen molar-refractivity contribution >= 4 is 0 Å². The molecule has 0 atom stereocenters. The van der Waals surface area contributed by atoms with Gasteiger partial charge in [-0.25, -0.2) is 15.0 Å². The van der Waals surface area contributed by atoms with Crippen molar-refractivity contribution in [1.82, 2.24) is 24.9 Å². The molecule has 0 amide bonds. The van der Waals surface area contributed by atoms with E-state index in [-0.39, 0.29) is 0 Å². The summed E-state index contributed by atoms with van der Waals surface area (Å²) in [7, 11) is 0. The van der Waals surface area contributed by atoms with E-state index in [4.69, 9.17) is 0 Å². The normalized spacial score (nSPS) is 11.2. The molecule has 0 aromatic carbocycles. The first-order chi connectivity index (χ1) is 16.8. The molecule has 0 fully saturated rings. The van der Waals surface area contributed by atoms with Crippen LogP contribution in [0.3, 0.4) is 0 Å². The SMILES string of the molecule is CC(C)c1cccc(C(C)C)n1.CC(C)c1ccnc(C(C)C)c1.CC(C)c1ncnc(C(C)C)n1. The Morgan fingerprint density at radius 1 is 0.472 bits per heavy atom. The van der Waals surface area contributed by atoms with Crippen LogP contribution in [-0.4, -0.2) is 24.9 Å². The van der Waals surface area contributed by atoms with E-state index in [1.807, 2.05) is 6.20 Å². The van der Waals surface area contributed by atoms with Crippen molar-refractivity contribution in [3.8, 4) is 0 Å². The number of nitrogens with zero attached hydrogens (tertiary/aromatic N) is 5. The lowest BCUT2D eigenvalue weighted by molar-refractivity contribution is 0.693. The average Bonchev–Trinajstić information content (AvgIpc) is 2.85. The Hall–Kier alpha value is -2.69. The van der Waals surface area contributed by atoms with Crippen LogP contribution in [0.2, 0.25) is 0 Å². The van der Waals surface area contributed by atoms with Crippen molar-refractivity contribution in [3.63, 3.8) is 0 Å². The molecule has 0 aliphatic rings. The predicted molar refractivity (Wildman–Crippen MR) is 153 cm³/mol. The minimum absolute atomic E-state index is 0.380. The Bertz CT molecular complexity index is 821. The van der Waals surface area contributed by atoms with Crippen LogP contribution >= 0.6 is 0 Å². The Kier molecular flexibility index (Phi) is 13.4. The zero-order valence-electron chi connectivity index (χ0n) is 24.7. The third-order valence-corrected chi connectivity index (χ3v) is 5.68. The minimum Gasteiger partial charge on any atom is -0.261 e. The molecule has 0 aliphatic heterocycles. The highest BCUT2D eigenvalue weighted by atomic mass is 15.0. The van der Waals surface area contributed by atoms with Crippen molar-refractivity contribution in [2.75, 3.05) is 0 Å². The van der Waals surface area contributed by atoms with E-state index < -0.39 is 0 Å². The van der Waals surface area contributed by atoms with Crippen molar-refractivity contribution < 1.29 is 0 Å². The standard InChI is InChI=1S/2C11H17N.C9H15N3/c1-8(2)10-5-6-12-11(7-10)9(3)4;1-8(2)10-6-5-7-11(12-10)9(3)4;1-6(2)8-10-5-11-9(12-8)7(3)4/h2*5-9H,1-4H3;5-7H,1-4H3. The summed E-state index contributed by atoms with van der Waals surface area (Å²) in [6.45, 7) is 25.8. The van der Waals surface area contributed by atoms with Gasteiger partial charge in [-0.15, -0.1) is 0 Å². The molecule has 3 aromatic rings. The monoisotopic (exact) mass is 491 g/mol. The predicted octanol–water partition coefficient (Wildman–Crippen LogP) is 8.78. The van der Waals surface area contributed by atoms with Gasteiger partial charge in [0.2, 0.25) is 0 Å². The van der Waals surface area contributed by atoms with Crippen LogP contribution in [0.1, 0.15) is 153 Å². The zero-order valence-corrected chi connectivity index (χ0v) is 24.7. The summed E-state index contributed by atoms with van der Waals surface area (Å²) >= 11 is 0. The first kappa shape index (κ1) is 31.3. The molecule has 5 heteroatoms. The Morgan fingerprint density at radius 2 is 0.944 bits per heavy atom. The van der Waals surface area contributed by atoms with Gasteiger partial charge in [-0.3, -0.25) is 9.97 Å². The number of hydrogen-bond acceptors (Lipinski definition) is 5. The van der Waals surface area contributed by atoms with E-state index in [1.165, 1.54) is 22.6 Å². The molecule has 0 saturated heterocycles. The van der Waals surface area contributed by atoms with E-state index in [0.717, 1.165) is 11.6 Å². The largest absolute Gasteiger partial charge is 0.261 e. The summed E-state index contributed by atoms with van der Waals surface area (Å²) in [4.78, 5) is 21.4. The molecule has 0 bridgehead atoms. The summed E-state index contributed by atoms with van der Waals surface area (Å²) < 4.78 is 0. The van der Waals surface area contributed by atoms with E-state index in [2.05, 4.69) is 138 Å². The van der Waals surface area contributed by atoms with Gasteiger partial charge in [0.25, 0.3) is 0 Å². The van der Waals surface area contributed by atoms with Crippen LogP contribution in [-0.2, 0) is 0 Å². The molecule has 3 aromatic heterocycles. The van der Waals surface area contributed by atoms with Crippen LogP contribution in [0.5, 0.6) is 0 Å². The van der Waals surface area contributed by atoms with Crippen molar-refractivity contribution in [3.05, 3.63) is 77.2 Å². The minimum atomic E-state index is 0.380. The number of rotatable bonds is 6. The van der Waals surface area contributed by atoms with Crippen LogP contribution in [0.15, 0.2) is 42.9 Å². The third-order valence-electron chi connectivity index (χ3n) is 5.68. The number of pyridine rings is 2. The molecule has 0 aliphatic carbocycles. The fourth-order valence-corrected chi connectivity index (χ4v) is 3.13. The number of aromatic nitrogens is 5. The second kappa shape index (κ2) is 15.4. The second-order valence-corrected chi connectivity index (χ2v) is 11.1. The van der Waals surface area contributed by atoms with Gasteiger partial charge in [0.1, 0.15) is 18.0 Å². The van der Waals surface area contributed by atoms with Crippen molar-refractivity contribution in [2.45, 2.75) is 119 Å². The first-order valence-corrected chi connectivity index (χ1v) is 13.4. The molecule has 36 heavy (non-hydrogen) atoms. The highest BCUT2D eigenvalue weighted by Crippen LogP contribution is 2.18. The average molecular weight is 492 g/mol.